The van der Waals surface area contributed by atoms with Crippen molar-refractivity contribution in [2.45, 2.75) is 12.8 Å². The van der Waals surface area contributed by atoms with Gasteiger partial charge in [0, 0.05) is 35.7 Å². The highest BCUT2D eigenvalue weighted by atomic mass is 35.5. The van der Waals surface area contributed by atoms with Gasteiger partial charge >= 0.3 is 5.97 Å². The molecule has 0 radical (unpaired) electrons. The fourth-order valence-corrected chi connectivity index (χ4v) is 3.90. The summed E-state index contributed by atoms with van der Waals surface area (Å²) in [5.74, 6) is -1.85. The maximum atomic E-state index is 12.3. The van der Waals surface area contributed by atoms with Gasteiger partial charge in [-0.2, -0.15) is 0 Å². The van der Waals surface area contributed by atoms with Gasteiger partial charge in [0.25, 0.3) is 5.91 Å². The molecule has 0 aliphatic carbocycles. The third kappa shape index (κ3) is 4.60. The lowest BCUT2D eigenvalue weighted by atomic mass is 9.86. The number of aliphatic carboxylic acids is 1. The van der Waals surface area contributed by atoms with Gasteiger partial charge in [-0.3, -0.25) is 9.59 Å². The lowest BCUT2D eigenvalue weighted by Crippen LogP contribution is -2.39. The number of hydrogen-bond acceptors (Lipinski definition) is 5. The van der Waals surface area contributed by atoms with Crippen LogP contribution in [0.5, 0.6) is 0 Å². The molecule has 2 N–H and O–H groups in total. The molecule has 2 aromatic rings. The summed E-state index contributed by atoms with van der Waals surface area (Å²) in [5.41, 5.74) is 1.17. The first-order valence-corrected chi connectivity index (χ1v) is 9.60. The van der Waals surface area contributed by atoms with Crippen LogP contribution in [0.25, 0.3) is 10.6 Å². The Morgan fingerprint density at radius 3 is 2.65 bits per heavy atom. The number of carboxylic acid groups (broad SMARTS) is 1. The molecule has 1 aromatic carbocycles. The first-order valence-electron chi connectivity index (χ1n) is 8.35. The van der Waals surface area contributed by atoms with Gasteiger partial charge in [-0.05, 0) is 30.9 Å². The minimum Gasteiger partial charge on any atom is -0.481 e. The SMILES string of the molecule is O=C(NCC(C(=O)O)C1CCOCC1)c1csc(-c2ccc(Cl)cc2)n1. The zero-order valence-corrected chi connectivity index (χ0v) is 15.6. The van der Waals surface area contributed by atoms with E-state index in [4.69, 9.17) is 16.3 Å². The van der Waals surface area contributed by atoms with Crippen molar-refractivity contribution in [2.75, 3.05) is 19.8 Å². The molecule has 1 saturated heterocycles. The van der Waals surface area contributed by atoms with Gasteiger partial charge in [-0.25, -0.2) is 4.98 Å². The van der Waals surface area contributed by atoms with Crippen LogP contribution in [0.4, 0.5) is 0 Å². The Labute approximate surface area is 160 Å². The molecule has 0 saturated carbocycles. The quantitative estimate of drug-likeness (QED) is 0.784. The number of amides is 1. The summed E-state index contributed by atoms with van der Waals surface area (Å²) in [4.78, 5) is 28.2. The van der Waals surface area contributed by atoms with Gasteiger partial charge in [-0.1, -0.05) is 23.7 Å². The molecule has 26 heavy (non-hydrogen) atoms. The number of nitrogens with one attached hydrogen (secondary N) is 1. The second kappa shape index (κ2) is 8.62. The van der Waals surface area contributed by atoms with Gasteiger partial charge in [0.05, 0.1) is 5.92 Å². The molecule has 1 aliphatic heterocycles. The Bertz CT molecular complexity index is 772. The van der Waals surface area contributed by atoms with Crippen LogP contribution >= 0.6 is 22.9 Å². The standard InChI is InChI=1S/C18H19ClN2O4S/c19-13-3-1-12(2-4-13)17-21-15(10-26-17)16(22)20-9-14(18(23)24)11-5-7-25-8-6-11/h1-4,10-11,14H,5-9H2,(H,20,22)(H,23,24). The topological polar surface area (TPSA) is 88.5 Å². The number of thiazole rings is 1. The van der Waals surface area contributed by atoms with Crippen LogP contribution in [-0.2, 0) is 9.53 Å². The van der Waals surface area contributed by atoms with Crippen molar-refractivity contribution in [1.82, 2.24) is 10.3 Å². The highest BCUT2D eigenvalue weighted by molar-refractivity contribution is 7.13. The fraction of sp³-hybridized carbons (Fsp3) is 0.389. The molecule has 8 heteroatoms. The fourth-order valence-electron chi connectivity index (χ4n) is 2.97. The second-order valence-corrected chi connectivity index (χ2v) is 7.44. The van der Waals surface area contributed by atoms with Crippen LogP contribution < -0.4 is 5.32 Å². The molecule has 1 fully saturated rings. The Balaban J connectivity index is 1.62. The minimum absolute atomic E-state index is 0.0154. The highest BCUT2D eigenvalue weighted by Gasteiger charge is 2.30. The van der Waals surface area contributed by atoms with Crippen molar-refractivity contribution in [3.05, 3.63) is 40.4 Å². The van der Waals surface area contributed by atoms with Crippen molar-refractivity contribution >= 4 is 34.8 Å². The van der Waals surface area contributed by atoms with Crippen molar-refractivity contribution in [3.63, 3.8) is 0 Å². The van der Waals surface area contributed by atoms with E-state index in [2.05, 4.69) is 10.3 Å². The average Bonchev–Trinajstić information content (AvgIpc) is 3.13. The van der Waals surface area contributed by atoms with Crippen LogP contribution in [-0.4, -0.2) is 41.7 Å². The summed E-state index contributed by atoms with van der Waals surface area (Å²) in [6.07, 6.45) is 1.40. The van der Waals surface area contributed by atoms with Crippen LogP contribution in [0, 0.1) is 11.8 Å². The molecule has 0 spiro atoms. The number of carbonyl (C=O) groups is 2. The molecule has 138 valence electrons. The molecule has 1 atom stereocenters. The highest BCUT2D eigenvalue weighted by Crippen LogP contribution is 2.26. The average molecular weight is 395 g/mol. The predicted molar refractivity (Wildman–Crippen MR) is 99.6 cm³/mol. The molecular weight excluding hydrogens is 376 g/mol. The molecule has 6 nitrogen and oxygen atoms in total. The molecular formula is C18H19ClN2O4S. The van der Waals surface area contributed by atoms with Gasteiger partial charge < -0.3 is 15.2 Å². The number of halogens is 1. The summed E-state index contributed by atoms with van der Waals surface area (Å²) >= 11 is 7.24. The molecule has 1 aromatic heterocycles. The van der Waals surface area contributed by atoms with Gasteiger partial charge in [0.15, 0.2) is 0 Å². The Kier molecular flexibility index (Phi) is 6.24. The second-order valence-electron chi connectivity index (χ2n) is 6.15. The Morgan fingerprint density at radius 1 is 1.31 bits per heavy atom. The van der Waals surface area contributed by atoms with E-state index in [0.29, 0.717) is 36.1 Å². The first-order chi connectivity index (χ1) is 12.5. The van der Waals surface area contributed by atoms with Crippen molar-refractivity contribution in [2.24, 2.45) is 11.8 Å². The molecule has 1 unspecified atom stereocenters. The summed E-state index contributed by atoms with van der Waals surface area (Å²) < 4.78 is 5.28. The third-order valence-corrected chi connectivity index (χ3v) is 5.61. The monoisotopic (exact) mass is 394 g/mol. The van der Waals surface area contributed by atoms with E-state index in [1.807, 2.05) is 12.1 Å². The maximum Gasteiger partial charge on any atom is 0.308 e. The summed E-state index contributed by atoms with van der Waals surface area (Å²) in [6.45, 7) is 1.23. The summed E-state index contributed by atoms with van der Waals surface area (Å²) in [6, 6.07) is 7.22. The number of nitrogens with zero attached hydrogens (tertiary/aromatic N) is 1. The normalized spacial score (nSPS) is 16.2. The van der Waals surface area contributed by atoms with Crippen molar-refractivity contribution < 1.29 is 19.4 Å². The molecule has 1 amide bonds. The maximum absolute atomic E-state index is 12.3. The zero-order valence-electron chi connectivity index (χ0n) is 14.0. The molecule has 2 heterocycles. The van der Waals surface area contributed by atoms with Crippen LogP contribution in [0.2, 0.25) is 5.02 Å². The van der Waals surface area contributed by atoms with Crippen LogP contribution in [0.3, 0.4) is 0 Å². The largest absolute Gasteiger partial charge is 0.481 e. The lowest BCUT2D eigenvalue weighted by Gasteiger charge is -2.27. The number of carboxylic acids is 1. The Hall–Kier alpha value is -1.96. The van der Waals surface area contributed by atoms with E-state index < -0.39 is 11.9 Å². The number of rotatable bonds is 6. The van der Waals surface area contributed by atoms with Crippen LogP contribution in [0.1, 0.15) is 23.3 Å². The molecule has 3 rings (SSSR count). The Morgan fingerprint density at radius 2 is 2.00 bits per heavy atom. The number of benzene rings is 1. The third-order valence-electron chi connectivity index (χ3n) is 4.46. The number of aromatic nitrogens is 1. The van der Waals surface area contributed by atoms with Crippen molar-refractivity contribution in [3.8, 4) is 10.6 Å². The van der Waals surface area contributed by atoms with E-state index in [-0.39, 0.29) is 24.1 Å². The van der Waals surface area contributed by atoms with E-state index in [9.17, 15) is 14.7 Å². The number of ether oxygens (including phenoxy) is 1. The predicted octanol–water partition coefficient (Wildman–Crippen LogP) is 3.32. The minimum atomic E-state index is -0.891. The first kappa shape index (κ1) is 18.8. The van der Waals surface area contributed by atoms with E-state index in [0.717, 1.165) is 5.56 Å². The van der Waals surface area contributed by atoms with E-state index in [1.165, 1.54) is 11.3 Å². The summed E-state index contributed by atoms with van der Waals surface area (Å²) in [7, 11) is 0. The zero-order chi connectivity index (χ0) is 18.5. The van der Waals surface area contributed by atoms with E-state index in [1.54, 1.807) is 17.5 Å². The molecule has 0 bridgehead atoms. The smallest absolute Gasteiger partial charge is 0.308 e. The van der Waals surface area contributed by atoms with Gasteiger partial charge in [-0.15, -0.1) is 11.3 Å². The molecule has 1 aliphatic rings. The van der Waals surface area contributed by atoms with Crippen LogP contribution in [0.15, 0.2) is 29.6 Å². The number of hydrogen-bond donors (Lipinski definition) is 2. The van der Waals surface area contributed by atoms with Gasteiger partial charge in [0.2, 0.25) is 0 Å². The van der Waals surface area contributed by atoms with Gasteiger partial charge in [0.1, 0.15) is 10.7 Å². The number of carbonyl (C=O) groups excluding carboxylic acids is 1. The summed E-state index contributed by atoms with van der Waals surface area (Å²) in [5, 5.41) is 15.2. The van der Waals surface area contributed by atoms with Crippen molar-refractivity contribution in [1.29, 1.82) is 0 Å². The lowest BCUT2D eigenvalue weighted by molar-refractivity contribution is -0.144. The van der Waals surface area contributed by atoms with E-state index >= 15 is 0 Å².